The number of nitrogens with zero attached hydrogens (tertiary/aromatic N) is 1. The standard InChI is InChI=1S/C14H21NO2/c1-3-15-7-8-17-13(10-15)14(16)12-6-4-5-11(2)9-12/h4-6,9,13-14,16H,3,7-8,10H2,1-2H3. The zero-order valence-electron chi connectivity index (χ0n) is 10.6. The van der Waals surface area contributed by atoms with Gasteiger partial charge in [0, 0.05) is 13.1 Å². The molecule has 2 rings (SSSR count). The maximum absolute atomic E-state index is 10.3. The van der Waals surface area contributed by atoms with Crippen molar-refractivity contribution in [1.29, 1.82) is 0 Å². The zero-order chi connectivity index (χ0) is 12.3. The smallest absolute Gasteiger partial charge is 0.106 e. The van der Waals surface area contributed by atoms with Crippen molar-refractivity contribution >= 4 is 0 Å². The van der Waals surface area contributed by atoms with Crippen LogP contribution in [0, 0.1) is 6.92 Å². The second kappa shape index (κ2) is 5.63. The zero-order valence-corrected chi connectivity index (χ0v) is 10.6. The van der Waals surface area contributed by atoms with Crippen molar-refractivity contribution in [3.05, 3.63) is 35.4 Å². The van der Waals surface area contributed by atoms with E-state index in [1.165, 1.54) is 5.56 Å². The molecule has 1 aliphatic heterocycles. The van der Waals surface area contributed by atoms with Crippen LogP contribution in [0.4, 0.5) is 0 Å². The normalized spacial score (nSPS) is 23.6. The lowest BCUT2D eigenvalue weighted by molar-refractivity contribution is -0.0888. The number of hydrogen-bond acceptors (Lipinski definition) is 3. The molecule has 0 bridgehead atoms. The van der Waals surface area contributed by atoms with E-state index in [1.807, 2.05) is 31.2 Å². The van der Waals surface area contributed by atoms with E-state index < -0.39 is 6.10 Å². The van der Waals surface area contributed by atoms with Crippen LogP contribution in [0.25, 0.3) is 0 Å². The molecule has 1 N–H and O–H groups in total. The van der Waals surface area contributed by atoms with Gasteiger partial charge in [-0.3, -0.25) is 4.90 Å². The molecule has 94 valence electrons. The number of rotatable bonds is 3. The second-order valence-electron chi connectivity index (χ2n) is 4.66. The predicted octanol–water partition coefficient (Wildman–Crippen LogP) is 1.75. The Labute approximate surface area is 103 Å². The molecular weight excluding hydrogens is 214 g/mol. The van der Waals surface area contributed by atoms with E-state index in [9.17, 15) is 5.11 Å². The first-order chi connectivity index (χ1) is 8.20. The number of benzene rings is 1. The Morgan fingerprint density at radius 3 is 3.06 bits per heavy atom. The van der Waals surface area contributed by atoms with Crippen molar-refractivity contribution in [2.45, 2.75) is 26.1 Å². The summed E-state index contributed by atoms with van der Waals surface area (Å²) in [6, 6.07) is 8.01. The third kappa shape index (κ3) is 3.06. The maximum atomic E-state index is 10.3. The van der Waals surface area contributed by atoms with E-state index in [2.05, 4.69) is 11.8 Å². The van der Waals surface area contributed by atoms with Crippen molar-refractivity contribution in [2.75, 3.05) is 26.2 Å². The van der Waals surface area contributed by atoms with Crippen LogP contribution in [0.3, 0.4) is 0 Å². The number of aliphatic hydroxyl groups excluding tert-OH is 1. The molecule has 1 fully saturated rings. The summed E-state index contributed by atoms with van der Waals surface area (Å²) in [6.45, 7) is 7.68. The van der Waals surface area contributed by atoms with Crippen LogP contribution in [-0.2, 0) is 4.74 Å². The van der Waals surface area contributed by atoms with Gasteiger partial charge in [0.1, 0.15) is 12.2 Å². The molecule has 1 aromatic carbocycles. The molecule has 3 heteroatoms. The van der Waals surface area contributed by atoms with Gasteiger partial charge in [-0.1, -0.05) is 36.8 Å². The molecule has 0 aliphatic carbocycles. The molecule has 2 atom stereocenters. The van der Waals surface area contributed by atoms with Crippen molar-refractivity contribution in [3.8, 4) is 0 Å². The number of aryl methyl sites for hydroxylation is 1. The summed E-state index contributed by atoms with van der Waals surface area (Å²) in [5, 5.41) is 10.3. The van der Waals surface area contributed by atoms with E-state index in [4.69, 9.17) is 4.74 Å². The van der Waals surface area contributed by atoms with Crippen molar-refractivity contribution in [1.82, 2.24) is 4.90 Å². The van der Waals surface area contributed by atoms with Gasteiger partial charge in [-0.25, -0.2) is 0 Å². The SMILES string of the molecule is CCN1CCOC(C(O)c2cccc(C)c2)C1. The average molecular weight is 235 g/mol. The Morgan fingerprint density at radius 2 is 2.35 bits per heavy atom. The lowest BCUT2D eigenvalue weighted by Crippen LogP contribution is -2.44. The number of likely N-dealkylation sites (N-methyl/N-ethyl adjacent to an activating group) is 1. The molecule has 3 nitrogen and oxygen atoms in total. The molecular formula is C14H21NO2. The highest BCUT2D eigenvalue weighted by atomic mass is 16.5. The first-order valence-corrected chi connectivity index (χ1v) is 6.29. The number of aliphatic hydroxyl groups is 1. The van der Waals surface area contributed by atoms with E-state index >= 15 is 0 Å². The van der Waals surface area contributed by atoms with Crippen molar-refractivity contribution < 1.29 is 9.84 Å². The van der Waals surface area contributed by atoms with Gasteiger partial charge in [-0.15, -0.1) is 0 Å². The summed E-state index contributed by atoms with van der Waals surface area (Å²) in [4.78, 5) is 2.31. The lowest BCUT2D eigenvalue weighted by Gasteiger charge is -2.34. The van der Waals surface area contributed by atoms with Crippen LogP contribution >= 0.6 is 0 Å². The number of ether oxygens (including phenoxy) is 1. The molecule has 0 saturated carbocycles. The van der Waals surface area contributed by atoms with E-state index in [1.54, 1.807) is 0 Å². The minimum atomic E-state index is -0.524. The van der Waals surface area contributed by atoms with Gasteiger partial charge in [0.05, 0.1) is 6.61 Å². The fraction of sp³-hybridized carbons (Fsp3) is 0.571. The molecule has 17 heavy (non-hydrogen) atoms. The Hall–Kier alpha value is -0.900. The Balaban J connectivity index is 2.06. The highest BCUT2D eigenvalue weighted by molar-refractivity contribution is 5.24. The van der Waals surface area contributed by atoms with Crippen molar-refractivity contribution in [3.63, 3.8) is 0 Å². The Bertz CT molecular complexity index is 367. The third-order valence-corrected chi connectivity index (χ3v) is 3.36. The molecule has 1 saturated heterocycles. The van der Waals surface area contributed by atoms with Crippen LogP contribution < -0.4 is 0 Å². The van der Waals surface area contributed by atoms with E-state index in [0.29, 0.717) is 6.61 Å². The predicted molar refractivity (Wildman–Crippen MR) is 68.0 cm³/mol. The van der Waals surface area contributed by atoms with E-state index in [0.717, 1.165) is 25.2 Å². The van der Waals surface area contributed by atoms with Gasteiger partial charge in [-0.05, 0) is 19.0 Å². The summed E-state index contributed by atoms with van der Waals surface area (Å²) >= 11 is 0. The second-order valence-corrected chi connectivity index (χ2v) is 4.66. The van der Waals surface area contributed by atoms with Gasteiger partial charge in [0.15, 0.2) is 0 Å². The summed E-state index contributed by atoms with van der Waals surface area (Å²) < 4.78 is 5.67. The van der Waals surface area contributed by atoms with Crippen LogP contribution in [0.1, 0.15) is 24.2 Å². The summed E-state index contributed by atoms with van der Waals surface area (Å²) in [5.74, 6) is 0. The fourth-order valence-electron chi connectivity index (χ4n) is 2.28. The van der Waals surface area contributed by atoms with Gasteiger partial charge in [0.2, 0.25) is 0 Å². The molecule has 0 amide bonds. The number of morpholine rings is 1. The van der Waals surface area contributed by atoms with Crippen molar-refractivity contribution in [2.24, 2.45) is 0 Å². The highest BCUT2D eigenvalue weighted by Gasteiger charge is 2.27. The summed E-state index contributed by atoms with van der Waals surface area (Å²) in [7, 11) is 0. The molecule has 0 radical (unpaired) electrons. The number of hydrogen-bond donors (Lipinski definition) is 1. The van der Waals surface area contributed by atoms with Gasteiger partial charge < -0.3 is 9.84 Å². The van der Waals surface area contributed by atoms with E-state index in [-0.39, 0.29) is 6.10 Å². The van der Waals surface area contributed by atoms with Gasteiger partial charge >= 0.3 is 0 Å². The minimum Gasteiger partial charge on any atom is -0.386 e. The topological polar surface area (TPSA) is 32.7 Å². The highest BCUT2D eigenvalue weighted by Crippen LogP contribution is 2.22. The maximum Gasteiger partial charge on any atom is 0.106 e. The Morgan fingerprint density at radius 1 is 1.53 bits per heavy atom. The van der Waals surface area contributed by atoms with Crippen LogP contribution in [0.15, 0.2) is 24.3 Å². The molecule has 2 unspecified atom stereocenters. The molecule has 0 spiro atoms. The van der Waals surface area contributed by atoms with Gasteiger partial charge in [-0.2, -0.15) is 0 Å². The van der Waals surface area contributed by atoms with Crippen LogP contribution in [0.5, 0.6) is 0 Å². The first kappa shape index (κ1) is 12.6. The molecule has 0 aromatic heterocycles. The minimum absolute atomic E-state index is 0.106. The fourth-order valence-corrected chi connectivity index (χ4v) is 2.28. The molecule has 1 heterocycles. The lowest BCUT2D eigenvalue weighted by atomic mass is 10.0. The Kier molecular flexibility index (Phi) is 4.15. The average Bonchev–Trinajstić information content (AvgIpc) is 2.38. The summed E-state index contributed by atoms with van der Waals surface area (Å²) in [5.41, 5.74) is 2.12. The van der Waals surface area contributed by atoms with Crippen LogP contribution in [0.2, 0.25) is 0 Å². The van der Waals surface area contributed by atoms with Crippen LogP contribution in [-0.4, -0.2) is 42.4 Å². The largest absolute Gasteiger partial charge is 0.386 e. The quantitative estimate of drug-likeness (QED) is 0.866. The first-order valence-electron chi connectivity index (χ1n) is 6.29. The summed E-state index contributed by atoms with van der Waals surface area (Å²) in [6.07, 6.45) is -0.630. The van der Waals surface area contributed by atoms with Gasteiger partial charge in [0.25, 0.3) is 0 Å². The third-order valence-electron chi connectivity index (χ3n) is 3.36. The molecule has 1 aromatic rings. The molecule has 1 aliphatic rings. The monoisotopic (exact) mass is 235 g/mol.